The van der Waals surface area contributed by atoms with Crippen LogP contribution in [0.15, 0.2) is 24.3 Å². The Bertz CT molecular complexity index is 276. The van der Waals surface area contributed by atoms with E-state index >= 15 is 0 Å². The van der Waals surface area contributed by atoms with Crippen molar-refractivity contribution in [3.63, 3.8) is 0 Å². The molecule has 0 aromatic heterocycles. The largest absolute Gasteiger partial charge is 0.291 e. The SMILES string of the molecule is CC(C)c1cccc(CC[C]=O)c1. The van der Waals surface area contributed by atoms with Crippen LogP contribution < -0.4 is 0 Å². The van der Waals surface area contributed by atoms with Crippen LogP contribution >= 0.6 is 0 Å². The van der Waals surface area contributed by atoms with Crippen LogP contribution in [0, 0.1) is 0 Å². The van der Waals surface area contributed by atoms with Gasteiger partial charge in [-0.25, -0.2) is 0 Å². The Morgan fingerprint density at radius 1 is 1.38 bits per heavy atom. The number of hydrogen-bond donors (Lipinski definition) is 0. The van der Waals surface area contributed by atoms with Gasteiger partial charge in [-0.1, -0.05) is 38.1 Å². The van der Waals surface area contributed by atoms with E-state index < -0.39 is 0 Å². The molecule has 1 radical (unpaired) electrons. The van der Waals surface area contributed by atoms with E-state index in [9.17, 15) is 4.79 Å². The van der Waals surface area contributed by atoms with Gasteiger partial charge >= 0.3 is 0 Å². The highest BCUT2D eigenvalue weighted by Crippen LogP contribution is 2.16. The van der Waals surface area contributed by atoms with E-state index in [1.165, 1.54) is 11.1 Å². The minimum atomic E-state index is 0.502. The molecule has 69 valence electrons. The number of aryl methyl sites for hydroxylation is 1. The fraction of sp³-hybridized carbons (Fsp3) is 0.417. The topological polar surface area (TPSA) is 17.1 Å². The Hall–Kier alpha value is -1.11. The molecule has 0 aliphatic heterocycles. The van der Waals surface area contributed by atoms with Crippen LogP contribution in [0.2, 0.25) is 0 Å². The van der Waals surface area contributed by atoms with E-state index in [4.69, 9.17) is 0 Å². The molecular formula is C12H15O. The van der Waals surface area contributed by atoms with Crippen LogP contribution in [0.25, 0.3) is 0 Å². The number of carbonyl (C=O) groups excluding carboxylic acids is 1. The van der Waals surface area contributed by atoms with Gasteiger partial charge in [-0.2, -0.15) is 0 Å². The average molecular weight is 175 g/mol. The fourth-order valence-electron chi connectivity index (χ4n) is 1.30. The molecule has 0 unspecified atom stereocenters. The highest BCUT2D eigenvalue weighted by molar-refractivity contribution is 5.51. The van der Waals surface area contributed by atoms with Gasteiger partial charge in [0.2, 0.25) is 0 Å². The quantitative estimate of drug-likeness (QED) is 0.687. The Morgan fingerprint density at radius 3 is 2.77 bits per heavy atom. The summed E-state index contributed by atoms with van der Waals surface area (Å²) in [5.41, 5.74) is 2.57. The lowest BCUT2D eigenvalue weighted by Gasteiger charge is -2.06. The Kier molecular flexibility index (Phi) is 3.69. The molecule has 0 N–H and O–H groups in total. The first-order valence-corrected chi connectivity index (χ1v) is 4.68. The van der Waals surface area contributed by atoms with Gasteiger partial charge in [0.15, 0.2) is 6.29 Å². The van der Waals surface area contributed by atoms with Crippen molar-refractivity contribution < 1.29 is 4.79 Å². The van der Waals surface area contributed by atoms with Crippen LogP contribution in [0.5, 0.6) is 0 Å². The second-order valence-electron chi connectivity index (χ2n) is 3.54. The predicted octanol–water partition coefficient (Wildman–Crippen LogP) is 2.85. The maximum absolute atomic E-state index is 10.1. The molecule has 1 aromatic carbocycles. The zero-order chi connectivity index (χ0) is 9.68. The number of hydrogen-bond acceptors (Lipinski definition) is 1. The molecule has 0 fully saturated rings. The van der Waals surface area contributed by atoms with Gasteiger partial charge in [-0.3, -0.25) is 4.79 Å². The monoisotopic (exact) mass is 175 g/mol. The van der Waals surface area contributed by atoms with Crippen molar-refractivity contribution in [3.05, 3.63) is 35.4 Å². The molecule has 0 aliphatic rings. The Labute approximate surface area is 79.8 Å². The molecule has 0 heterocycles. The van der Waals surface area contributed by atoms with Gasteiger partial charge < -0.3 is 0 Å². The summed E-state index contributed by atoms with van der Waals surface area (Å²) in [6.45, 7) is 4.34. The minimum absolute atomic E-state index is 0.502. The van der Waals surface area contributed by atoms with Gasteiger partial charge in [-0.05, 0) is 23.5 Å². The summed E-state index contributed by atoms with van der Waals surface area (Å²) < 4.78 is 0. The first kappa shape index (κ1) is 9.97. The molecule has 0 saturated carbocycles. The van der Waals surface area contributed by atoms with Crippen molar-refractivity contribution in [1.82, 2.24) is 0 Å². The van der Waals surface area contributed by atoms with Gasteiger partial charge in [-0.15, -0.1) is 0 Å². The van der Waals surface area contributed by atoms with Crippen molar-refractivity contribution in [2.45, 2.75) is 32.6 Å². The van der Waals surface area contributed by atoms with E-state index in [2.05, 4.69) is 38.1 Å². The minimum Gasteiger partial charge on any atom is -0.291 e. The summed E-state index contributed by atoms with van der Waals surface area (Å²) in [5.74, 6) is 0.556. The lowest BCUT2D eigenvalue weighted by molar-refractivity contribution is 0.551. The summed E-state index contributed by atoms with van der Waals surface area (Å²) in [7, 11) is 0. The standard InChI is InChI=1S/C12H15O/c1-10(2)12-7-3-5-11(9-12)6-4-8-13/h3,5,7,9-10H,4,6H2,1-2H3. The van der Waals surface area contributed by atoms with E-state index in [0.29, 0.717) is 12.3 Å². The normalized spacial score (nSPS) is 10.4. The van der Waals surface area contributed by atoms with Crippen molar-refractivity contribution in [2.75, 3.05) is 0 Å². The molecule has 1 aromatic rings. The zero-order valence-corrected chi connectivity index (χ0v) is 8.21. The lowest BCUT2D eigenvalue weighted by Crippen LogP contribution is -1.91. The van der Waals surface area contributed by atoms with Crippen LogP contribution in [0.4, 0.5) is 0 Å². The molecule has 0 amide bonds. The third kappa shape index (κ3) is 3.02. The van der Waals surface area contributed by atoms with Gasteiger partial charge in [0.05, 0.1) is 0 Å². The second kappa shape index (κ2) is 4.80. The third-order valence-electron chi connectivity index (χ3n) is 2.13. The van der Waals surface area contributed by atoms with Crippen LogP contribution in [-0.4, -0.2) is 6.29 Å². The Balaban J connectivity index is 2.73. The summed E-state index contributed by atoms with van der Waals surface area (Å²) >= 11 is 0. The number of rotatable bonds is 4. The van der Waals surface area contributed by atoms with E-state index in [-0.39, 0.29) is 0 Å². The van der Waals surface area contributed by atoms with E-state index in [0.717, 1.165) is 6.42 Å². The Morgan fingerprint density at radius 2 is 2.15 bits per heavy atom. The highest BCUT2D eigenvalue weighted by Gasteiger charge is 1.99. The lowest BCUT2D eigenvalue weighted by atomic mass is 9.99. The van der Waals surface area contributed by atoms with Crippen LogP contribution in [0.3, 0.4) is 0 Å². The molecule has 0 saturated heterocycles. The molecule has 1 heteroatoms. The molecule has 13 heavy (non-hydrogen) atoms. The molecule has 0 aliphatic carbocycles. The van der Waals surface area contributed by atoms with Crippen LogP contribution in [-0.2, 0) is 11.2 Å². The molecule has 0 atom stereocenters. The smallest absolute Gasteiger partial charge is 0.198 e. The van der Waals surface area contributed by atoms with Crippen molar-refractivity contribution in [1.29, 1.82) is 0 Å². The molecule has 1 nitrogen and oxygen atoms in total. The van der Waals surface area contributed by atoms with E-state index in [1.807, 2.05) is 6.29 Å². The molecule has 1 rings (SSSR count). The predicted molar refractivity (Wildman–Crippen MR) is 54.5 cm³/mol. The summed E-state index contributed by atoms with van der Waals surface area (Å²) in [6.07, 6.45) is 3.23. The summed E-state index contributed by atoms with van der Waals surface area (Å²) in [6, 6.07) is 8.40. The first-order valence-electron chi connectivity index (χ1n) is 4.68. The molecular weight excluding hydrogens is 160 g/mol. The highest BCUT2D eigenvalue weighted by atomic mass is 16.1. The molecule has 0 spiro atoms. The van der Waals surface area contributed by atoms with Gasteiger partial charge in [0.1, 0.15) is 0 Å². The number of benzene rings is 1. The summed E-state index contributed by atoms with van der Waals surface area (Å²) in [5, 5.41) is 0. The maximum atomic E-state index is 10.1. The van der Waals surface area contributed by atoms with Crippen molar-refractivity contribution in [3.8, 4) is 0 Å². The maximum Gasteiger partial charge on any atom is 0.198 e. The summed E-state index contributed by atoms with van der Waals surface area (Å²) in [4.78, 5) is 10.1. The van der Waals surface area contributed by atoms with Gasteiger partial charge in [0, 0.05) is 6.42 Å². The van der Waals surface area contributed by atoms with Crippen LogP contribution in [0.1, 0.15) is 37.3 Å². The van der Waals surface area contributed by atoms with Crippen molar-refractivity contribution in [2.24, 2.45) is 0 Å². The van der Waals surface area contributed by atoms with Gasteiger partial charge in [0.25, 0.3) is 0 Å². The van der Waals surface area contributed by atoms with Crippen molar-refractivity contribution >= 4 is 6.29 Å². The van der Waals surface area contributed by atoms with E-state index in [1.54, 1.807) is 0 Å². The average Bonchev–Trinajstić information content (AvgIpc) is 2.15. The zero-order valence-electron chi connectivity index (χ0n) is 8.21. The fourth-order valence-corrected chi connectivity index (χ4v) is 1.30. The first-order chi connectivity index (χ1) is 6.24. The molecule has 0 bridgehead atoms. The second-order valence-corrected chi connectivity index (χ2v) is 3.54. The third-order valence-corrected chi connectivity index (χ3v) is 2.13.